The minimum atomic E-state index is -0.118. The molecule has 186 valence electrons. The van der Waals surface area contributed by atoms with Gasteiger partial charge < -0.3 is 14.0 Å². The number of carbonyl (C=O) groups is 1. The van der Waals surface area contributed by atoms with E-state index in [9.17, 15) is 4.79 Å². The number of likely N-dealkylation sites (tertiary alicyclic amines) is 1. The lowest BCUT2D eigenvalue weighted by Crippen LogP contribution is -2.32. The summed E-state index contributed by atoms with van der Waals surface area (Å²) in [5.74, 6) is 0.385. The van der Waals surface area contributed by atoms with Gasteiger partial charge >= 0.3 is 0 Å². The monoisotopic (exact) mass is 529 g/mol. The first-order chi connectivity index (χ1) is 18.0. The fraction of sp³-hybridized carbons (Fsp3) is 0.200. The standard InChI is InChI=1S/C30H25Cl2N3O2/c1-18-26(28(33-37-18)21-11-6-7-12-23(21)32)30(36)35-16-8-13-25(35)29-27(19-9-4-3-5-10-19)22-17-20(31)14-15-24(22)34(29)2/h3-7,9-12,14-15,17,25H,8,13,16H2,1-2H3. The van der Waals surface area contributed by atoms with Crippen molar-refractivity contribution in [1.82, 2.24) is 14.6 Å². The fourth-order valence-corrected chi connectivity index (χ4v) is 6.03. The van der Waals surface area contributed by atoms with E-state index >= 15 is 0 Å². The molecule has 1 atom stereocenters. The Kier molecular flexibility index (Phi) is 6.06. The molecule has 0 saturated carbocycles. The van der Waals surface area contributed by atoms with Gasteiger partial charge in [0, 0.05) is 46.3 Å². The van der Waals surface area contributed by atoms with Crippen molar-refractivity contribution in [3.8, 4) is 22.4 Å². The van der Waals surface area contributed by atoms with Crippen LogP contribution in [0.1, 0.15) is 40.7 Å². The molecular weight excluding hydrogens is 505 g/mol. The smallest absolute Gasteiger partial charge is 0.260 e. The average Bonchev–Trinajstić information content (AvgIpc) is 3.60. The van der Waals surface area contributed by atoms with E-state index < -0.39 is 0 Å². The number of halogens is 2. The van der Waals surface area contributed by atoms with Crippen LogP contribution in [-0.2, 0) is 7.05 Å². The van der Waals surface area contributed by atoms with Gasteiger partial charge in [0.05, 0.1) is 11.1 Å². The van der Waals surface area contributed by atoms with Crippen LogP contribution in [0.3, 0.4) is 0 Å². The summed E-state index contributed by atoms with van der Waals surface area (Å²) >= 11 is 12.9. The Hall–Kier alpha value is -3.54. The first-order valence-electron chi connectivity index (χ1n) is 12.3. The molecule has 6 rings (SSSR count). The van der Waals surface area contributed by atoms with Crippen LogP contribution in [-0.4, -0.2) is 27.1 Å². The molecular formula is C30H25Cl2N3O2. The van der Waals surface area contributed by atoms with Gasteiger partial charge in [-0.25, -0.2) is 0 Å². The Morgan fingerprint density at radius 2 is 1.78 bits per heavy atom. The zero-order valence-corrected chi connectivity index (χ0v) is 22.1. The zero-order chi connectivity index (χ0) is 25.7. The highest BCUT2D eigenvalue weighted by atomic mass is 35.5. The predicted octanol–water partition coefficient (Wildman–Crippen LogP) is 8.09. The molecule has 1 fully saturated rings. The van der Waals surface area contributed by atoms with Crippen molar-refractivity contribution in [3.63, 3.8) is 0 Å². The maximum atomic E-state index is 14.2. The van der Waals surface area contributed by atoms with Crippen LogP contribution in [0.2, 0.25) is 10.0 Å². The van der Waals surface area contributed by atoms with E-state index in [0.29, 0.717) is 39.2 Å². The number of carbonyl (C=O) groups excluding carboxylic acids is 1. The Balaban J connectivity index is 1.50. The first-order valence-corrected chi connectivity index (χ1v) is 13.1. The SMILES string of the molecule is Cc1onc(-c2ccccc2Cl)c1C(=O)N1CCCC1c1c(-c2ccccc2)c2cc(Cl)ccc2n1C. The molecule has 5 nitrogen and oxygen atoms in total. The fourth-order valence-electron chi connectivity index (χ4n) is 5.63. The number of amides is 1. The topological polar surface area (TPSA) is 51.3 Å². The van der Waals surface area contributed by atoms with E-state index in [4.69, 9.17) is 27.7 Å². The third kappa shape index (κ3) is 3.94. The highest BCUT2D eigenvalue weighted by Crippen LogP contribution is 2.45. The number of nitrogens with zero attached hydrogens (tertiary/aromatic N) is 3. The van der Waals surface area contributed by atoms with Crippen LogP contribution in [0.4, 0.5) is 0 Å². The summed E-state index contributed by atoms with van der Waals surface area (Å²) in [6.45, 7) is 2.42. The molecule has 3 heterocycles. The maximum absolute atomic E-state index is 14.2. The van der Waals surface area contributed by atoms with E-state index in [-0.39, 0.29) is 11.9 Å². The Morgan fingerprint density at radius 1 is 1.03 bits per heavy atom. The number of aryl methyl sites for hydroxylation is 2. The molecule has 0 radical (unpaired) electrons. The van der Waals surface area contributed by atoms with Crippen molar-refractivity contribution in [2.45, 2.75) is 25.8 Å². The molecule has 37 heavy (non-hydrogen) atoms. The lowest BCUT2D eigenvalue weighted by molar-refractivity contribution is 0.0730. The molecule has 0 N–H and O–H groups in total. The molecule has 7 heteroatoms. The molecule has 2 aromatic heterocycles. The normalized spacial score (nSPS) is 15.6. The molecule has 1 aliphatic rings. The van der Waals surface area contributed by atoms with Crippen molar-refractivity contribution in [2.75, 3.05) is 6.54 Å². The van der Waals surface area contributed by atoms with E-state index in [2.05, 4.69) is 28.9 Å². The summed E-state index contributed by atoms with van der Waals surface area (Å²) in [5, 5.41) is 6.53. The molecule has 3 aromatic carbocycles. The van der Waals surface area contributed by atoms with Crippen molar-refractivity contribution >= 4 is 40.0 Å². The molecule has 1 unspecified atom stereocenters. The summed E-state index contributed by atoms with van der Waals surface area (Å²) in [5.41, 5.74) is 6.01. The second kappa shape index (κ2) is 9.40. The second-order valence-electron chi connectivity index (χ2n) is 9.45. The number of hydrogen-bond donors (Lipinski definition) is 0. The molecule has 1 saturated heterocycles. The number of aromatic nitrogens is 2. The maximum Gasteiger partial charge on any atom is 0.260 e. The largest absolute Gasteiger partial charge is 0.360 e. The zero-order valence-electron chi connectivity index (χ0n) is 20.5. The van der Waals surface area contributed by atoms with Gasteiger partial charge in [-0.05, 0) is 49.6 Å². The number of rotatable bonds is 4. The van der Waals surface area contributed by atoms with Crippen LogP contribution in [0.15, 0.2) is 77.3 Å². The van der Waals surface area contributed by atoms with E-state index in [1.54, 1.807) is 13.0 Å². The number of benzene rings is 3. The molecule has 0 spiro atoms. The minimum Gasteiger partial charge on any atom is -0.360 e. The first kappa shape index (κ1) is 23.8. The van der Waals surface area contributed by atoms with Crippen LogP contribution >= 0.6 is 23.2 Å². The Morgan fingerprint density at radius 3 is 2.57 bits per heavy atom. The van der Waals surface area contributed by atoms with Gasteiger partial charge in [-0.2, -0.15) is 0 Å². The molecule has 0 aliphatic carbocycles. The highest BCUT2D eigenvalue weighted by molar-refractivity contribution is 6.33. The summed E-state index contributed by atoms with van der Waals surface area (Å²) in [4.78, 5) is 16.2. The van der Waals surface area contributed by atoms with Gasteiger partial charge in [0.1, 0.15) is 17.0 Å². The van der Waals surface area contributed by atoms with E-state index in [1.165, 1.54) is 0 Å². The molecule has 5 aromatic rings. The second-order valence-corrected chi connectivity index (χ2v) is 10.3. The van der Waals surface area contributed by atoms with Crippen LogP contribution in [0.5, 0.6) is 0 Å². The Labute approximate surface area is 225 Å². The molecule has 1 aliphatic heterocycles. The van der Waals surface area contributed by atoms with Gasteiger partial charge in [-0.1, -0.05) is 76.9 Å². The third-order valence-corrected chi connectivity index (χ3v) is 7.87. The van der Waals surface area contributed by atoms with E-state index in [0.717, 1.165) is 40.6 Å². The highest BCUT2D eigenvalue weighted by Gasteiger charge is 2.38. The van der Waals surface area contributed by atoms with E-state index in [1.807, 2.05) is 59.5 Å². The lowest BCUT2D eigenvalue weighted by Gasteiger charge is -2.27. The Bertz CT molecular complexity index is 1640. The minimum absolute atomic E-state index is 0.0986. The predicted molar refractivity (Wildman–Crippen MR) is 148 cm³/mol. The lowest BCUT2D eigenvalue weighted by atomic mass is 9.97. The van der Waals surface area contributed by atoms with Crippen molar-refractivity contribution < 1.29 is 9.32 Å². The van der Waals surface area contributed by atoms with Crippen molar-refractivity contribution in [2.24, 2.45) is 7.05 Å². The average molecular weight is 530 g/mol. The summed E-state index contributed by atoms with van der Waals surface area (Å²) < 4.78 is 7.74. The van der Waals surface area contributed by atoms with Crippen LogP contribution in [0, 0.1) is 6.92 Å². The summed E-state index contributed by atoms with van der Waals surface area (Å²) in [6, 6.07) is 23.6. The number of fused-ring (bicyclic) bond motifs is 1. The van der Waals surface area contributed by atoms with Crippen molar-refractivity contribution in [1.29, 1.82) is 0 Å². The number of hydrogen-bond acceptors (Lipinski definition) is 3. The van der Waals surface area contributed by atoms with Gasteiger partial charge in [0.25, 0.3) is 5.91 Å². The van der Waals surface area contributed by atoms with Crippen LogP contribution in [0.25, 0.3) is 33.3 Å². The summed E-state index contributed by atoms with van der Waals surface area (Å²) in [7, 11) is 2.07. The van der Waals surface area contributed by atoms with Gasteiger partial charge in [0.2, 0.25) is 0 Å². The van der Waals surface area contributed by atoms with Gasteiger partial charge in [-0.3, -0.25) is 4.79 Å². The van der Waals surface area contributed by atoms with Gasteiger partial charge in [0.15, 0.2) is 0 Å². The third-order valence-electron chi connectivity index (χ3n) is 7.30. The molecule has 0 bridgehead atoms. The quantitative estimate of drug-likeness (QED) is 0.236. The van der Waals surface area contributed by atoms with Crippen molar-refractivity contribution in [3.05, 3.63) is 99.9 Å². The van der Waals surface area contributed by atoms with Gasteiger partial charge in [-0.15, -0.1) is 0 Å². The molecule has 1 amide bonds. The van der Waals surface area contributed by atoms with Crippen LogP contribution < -0.4 is 0 Å². The summed E-state index contributed by atoms with van der Waals surface area (Å²) in [6.07, 6.45) is 1.76.